The number of aromatic nitrogens is 2. The van der Waals surface area contributed by atoms with Crippen molar-refractivity contribution in [1.82, 2.24) is 9.55 Å². The fraction of sp³-hybridized carbons (Fsp3) is 0.130. The lowest BCUT2D eigenvalue weighted by molar-refractivity contribution is -0.114. The average molecular weight is 430 g/mol. The van der Waals surface area contributed by atoms with E-state index in [1.807, 2.05) is 41.1 Å². The Balaban J connectivity index is 1.51. The molecule has 8 heteroatoms. The summed E-state index contributed by atoms with van der Waals surface area (Å²) in [5.41, 5.74) is 3.38. The second kappa shape index (κ2) is 8.81. The summed E-state index contributed by atoms with van der Waals surface area (Å²) in [6, 6.07) is 15.5. The number of hydrogen-bond acceptors (Lipinski definition) is 5. The lowest BCUT2D eigenvalue weighted by atomic mass is 10.1. The molecule has 31 heavy (non-hydrogen) atoms. The first-order valence-corrected chi connectivity index (χ1v) is 10.5. The summed E-state index contributed by atoms with van der Waals surface area (Å²) in [7, 11) is 0. The number of aryl methyl sites for hydroxylation is 1. The Morgan fingerprint density at radius 3 is 2.87 bits per heavy atom. The minimum absolute atomic E-state index is 0.142. The number of nitrogens with one attached hydrogen (secondary N) is 2. The predicted molar refractivity (Wildman–Crippen MR) is 124 cm³/mol. The second-order valence-electron chi connectivity index (χ2n) is 6.91. The van der Waals surface area contributed by atoms with Crippen molar-refractivity contribution in [3.8, 4) is 6.07 Å². The number of nitrogens with zero attached hydrogens (tertiary/aromatic N) is 3. The third-order valence-electron chi connectivity index (χ3n) is 4.64. The maximum atomic E-state index is 12.5. The first-order chi connectivity index (χ1) is 15.0. The molecular formula is C23H19N5O2S. The topological polar surface area (TPSA) is 99.8 Å². The number of hydrogen-bond donors (Lipinski definition) is 2. The zero-order valence-electron chi connectivity index (χ0n) is 16.8. The number of fused-ring (bicyclic) bond motifs is 2. The van der Waals surface area contributed by atoms with Crippen LogP contribution < -0.4 is 10.6 Å². The van der Waals surface area contributed by atoms with E-state index >= 15 is 0 Å². The van der Waals surface area contributed by atoms with Crippen molar-refractivity contribution in [2.75, 3.05) is 10.6 Å². The van der Waals surface area contributed by atoms with Crippen LogP contribution in [-0.2, 0) is 16.1 Å². The largest absolute Gasteiger partial charge is 0.346 e. The van der Waals surface area contributed by atoms with Crippen molar-refractivity contribution in [3.05, 3.63) is 60.3 Å². The summed E-state index contributed by atoms with van der Waals surface area (Å²) >= 11 is 1.34. The molecule has 2 aromatic heterocycles. The molecular weight excluding hydrogens is 410 g/mol. The van der Waals surface area contributed by atoms with Crippen LogP contribution >= 0.6 is 11.3 Å². The minimum Gasteiger partial charge on any atom is -0.346 e. The highest BCUT2D eigenvalue weighted by Gasteiger charge is 2.09. The van der Waals surface area contributed by atoms with Crippen LogP contribution in [0.1, 0.15) is 18.9 Å². The number of carbonyl (C=O) groups is 2. The van der Waals surface area contributed by atoms with Crippen LogP contribution in [0, 0.1) is 11.3 Å². The van der Waals surface area contributed by atoms with Crippen molar-refractivity contribution < 1.29 is 9.59 Å². The Morgan fingerprint density at radius 2 is 2.06 bits per heavy atom. The fourth-order valence-electron chi connectivity index (χ4n) is 3.34. The molecule has 2 N–H and O–H groups in total. The van der Waals surface area contributed by atoms with E-state index in [0.717, 1.165) is 26.7 Å². The molecule has 0 aliphatic carbocycles. The smallest absolute Gasteiger partial charge is 0.250 e. The fourth-order valence-corrected chi connectivity index (χ4v) is 4.24. The molecule has 0 bridgehead atoms. The summed E-state index contributed by atoms with van der Waals surface area (Å²) in [5.74, 6) is -0.425. The zero-order chi connectivity index (χ0) is 21.8. The molecule has 0 fully saturated rings. The van der Waals surface area contributed by atoms with Crippen LogP contribution in [0.3, 0.4) is 0 Å². The van der Waals surface area contributed by atoms with Gasteiger partial charge in [-0.1, -0.05) is 29.5 Å². The molecule has 4 rings (SSSR count). The van der Waals surface area contributed by atoms with Gasteiger partial charge < -0.3 is 9.88 Å². The number of rotatable bonds is 6. The number of thiazole rings is 1. The molecule has 2 heterocycles. The third kappa shape index (κ3) is 4.63. The van der Waals surface area contributed by atoms with Gasteiger partial charge in [-0.15, -0.1) is 0 Å². The van der Waals surface area contributed by atoms with Gasteiger partial charge in [0.05, 0.1) is 22.7 Å². The monoisotopic (exact) mass is 429 g/mol. The molecule has 0 aliphatic rings. The van der Waals surface area contributed by atoms with E-state index in [9.17, 15) is 9.59 Å². The normalized spacial score (nSPS) is 11.1. The summed E-state index contributed by atoms with van der Waals surface area (Å²) in [5, 5.41) is 15.9. The highest BCUT2D eigenvalue weighted by Crippen LogP contribution is 2.28. The van der Waals surface area contributed by atoms with E-state index < -0.39 is 0 Å². The van der Waals surface area contributed by atoms with Gasteiger partial charge in [0.1, 0.15) is 0 Å². The molecule has 0 radical (unpaired) electrons. The Hall–Kier alpha value is -3.96. The van der Waals surface area contributed by atoms with Gasteiger partial charge in [-0.3, -0.25) is 14.9 Å². The molecule has 0 unspecified atom stereocenters. The van der Waals surface area contributed by atoms with Crippen LogP contribution in [0.5, 0.6) is 0 Å². The number of amides is 2. The van der Waals surface area contributed by atoms with Crippen LogP contribution in [0.15, 0.2) is 54.7 Å². The number of nitriles is 1. The van der Waals surface area contributed by atoms with Crippen molar-refractivity contribution in [2.45, 2.75) is 19.9 Å². The maximum absolute atomic E-state index is 12.5. The van der Waals surface area contributed by atoms with Gasteiger partial charge in [0.25, 0.3) is 0 Å². The maximum Gasteiger partial charge on any atom is 0.250 e. The first-order valence-electron chi connectivity index (χ1n) is 9.65. The van der Waals surface area contributed by atoms with E-state index in [-0.39, 0.29) is 11.8 Å². The highest BCUT2D eigenvalue weighted by molar-refractivity contribution is 7.22. The SMILES string of the molecule is CC(=O)Nc1ccc2nc(NC(=O)/C=C/c3cn(CCC#N)c4ccccc34)sc2c1. The molecule has 0 aliphatic heterocycles. The zero-order valence-corrected chi connectivity index (χ0v) is 17.6. The Bertz CT molecular complexity index is 1360. The third-order valence-corrected chi connectivity index (χ3v) is 5.57. The van der Waals surface area contributed by atoms with Gasteiger partial charge >= 0.3 is 0 Å². The molecule has 154 valence electrons. The van der Waals surface area contributed by atoms with Crippen LogP contribution in [0.25, 0.3) is 27.2 Å². The second-order valence-corrected chi connectivity index (χ2v) is 7.94. The Labute approximate surface area is 182 Å². The number of anilines is 2. The van der Waals surface area contributed by atoms with Crippen molar-refractivity contribution in [3.63, 3.8) is 0 Å². The number of para-hydroxylation sites is 1. The molecule has 4 aromatic rings. The molecule has 2 aromatic carbocycles. The van der Waals surface area contributed by atoms with E-state index in [2.05, 4.69) is 21.7 Å². The summed E-state index contributed by atoms with van der Waals surface area (Å²) in [6.07, 6.45) is 5.62. The standard InChI is InChI=1S/C23H19N5O2S/c1-15(29)25-17-8-9-19-21(13-17)31-23(26-19)27-22(30)10-7-16-14-28(12-4-11-24)20-6-3-2-5-18(16)20/h2-3,5-10,13-14H,4,12H2,1H3,(H,25,29)(H,26,27,30)/b10-7+. The Kier molecular flexibility index (Phi) is 5.78. The van der Waals surface area contributed by atoms with Crippen LogP contribution in [0.2, 0.25) is 0 Å². The van der Waals surface area contributed by atoms with Gasteiger partial charge in [-0.25, -0.2) is 4.98 Å². The Morgan fingerprint density at radius 1 is 1.23 bits per heavy atom. The highest BCUT2D eigenvalue weighted by atomic mass is 32.1. The molecule has 0 saturated heterocycles. The molecule has 0 spiro atoms. The van der Waals surface area contributed by atoms with Crippen LogP contribution in [-0.4, -0.2) is 21.4 Å². The van der Waals surface area contributed by atoms with Crippen molar-refractivity contribution in [1.29, 1.82) is 5.26 Å². The first kappa shape index (κ1) is 20.3. The van der Waals surface area contributed by atoms with Crippen LogP contribution in [0.4, 0.5) is 10.8 Å². The lowest BCUT2D eigenvalue weighted by Crippen LogP contribution is -2.07. The van der Waals surface area contributed by atoms with E-state index in [4.69, 9.17) is 5.26 Å². The van der Waals surface area contributed by atoms with Gasteiger partial charge in [-0.2, -0.15) is 5.26 Å². The minimum atomic E-state index is -0.282. The number of benzene rings is 2. The van der Waals surface area contributed by atoms with Crippen molar-refractivity contribution in [2.24, 2.45) is 0 Å². The van der Waals surface area contributed by atoms with Crippen molar-refractivity contribution >= 4 is 61.2 Å². The molecule has 2 amide bonds. The summed E-state index contributed by atoms with van der Waals surface area (Å²) in [6.45, 7) is 2.05. The van der Waals surface area contributed by atoms with Gasteiger partial charge in [0, 0.05) is 47.9 Å². The van der Waals surface area contributed by atoms with Gasteiger partial charge in [0.2, 0.25) is 11.8 Å². The van der Waals surface area contributed by atoms with E-state index in [1.54, 1.807) is 18.2 Å². The molecule has 7 nitrogen and oxygen atoms in total. The van der Waals surface area contributed by atoms with Gasteiger partial charge in [0.15, 0.2) is 5.13 Å². The molecule has 0 atom stereocenters. The average Bonchev–Trinajstić information content (AvgIpc) is 3.30. The lowest BCUT2D eigenvalue weighted by Gasteiger charge is -2.00. The molecule has 0 saturated carbocycles. The number of carbonyl (C=O) groups excluding carboxylic acids is 2. The van der Waals surface area contributed by atoms with E-state index in [0.29, 0.717) is 23.8 Å². The quantitative estimate of drug-likeness (QED) is 0.431. The summed E-state index contributed by atoms with van der Waals surface area (Å²) < 4.78 is 2.89. The van der Waals surface area contributed by atoms with Gasteiger partial charge in [-0.05, 0) is 30.3 Å². The predicted octanol–water partition coefficient (Wildman–Crippen LogP) is 4.77. The van der Waals surface area contributed by atoms with E-state index in [1.165, 1.54) is 24.3 Å². The summed E-state index contributed by atoms with van der Waals surface area (Å²) in [4.78, 5) is 28.1.